The van der Waals surface area contributed by atoms with Crippen LogP contribution in [-0.4, -0.2) is 10.7 Å². The molecule has 0 spiro atoms. The summed E-state index contributed by atoms with van der Waals surface area (Å²) in [5.74, 6) is 0.609. The molecule has 0 aromatic rings. The Morgan fingerprint density at radius 3 is 2.14 bits per heavy atom. The highest BCUT2D eigenvalue weighted by molar-refractivity contribution is 4.98. The third-order valence-electron chi connectivity index (χ3n) is 4.38. The van der Waals surface area contributed by atoms with E-state index in [4.69, 9.17) is 0 Å². The molecule has 2 fully saturated rings. The Hall–Kier alpha value is -0.0400. The van der Waals surface area contributed by atoms with E-state index in [1.165, 1.54) is 38.5 Å². The number of aliphatic hydroxyl groups is 1. The second-order valence-electron chi connectivity index (χ2n) is 6.28. The molecular formula is C13H24O. The van der Waals surface area contributed by atoms with Gasteiger partial charge in [0.05, 0.1) is 5.60 Å². The molecule has 14 heavy (non-hydrogen) atoms. The maximum Gasteiger partial charge on any atom is 0.0681 e. The summed E-state index contributed by atoms with van der Waals surface area (Å²) in [5, 5.41) is 10.7. The Balaban J connectivity index is 2.01. The molecule has 0 bridgehead atoms. The first kappa shape index (κ1) is 10.5. The van der Waals surface area contributed by atoms with Crippen molar-refractivity contribution < 1.29 is 5.11 Å². The Bertz CT molecular complexity index is 203. The van der Waals surface area contributed by atoms with Gasteiger partial charge >= 0.3 is 0 Å². The van der Waals surface area contributed by atoms with Gasteiger partial charge in [0, 0.05) is 0 Å². The van der Waals surface area contributed by atoms with E-state index >= 15 is 0 Å². The van der Waals surface area contributed by atoms with E-state index in [-0.39, 0.29) is 5.60 Å². The SMILES string of the molecule is CC1(C)CCC(O)(C2CCCCC2)C1. The molecule has 0 aromatic carbocycles. The molecule has 0 heterocycles. The minimum atomic E-state index is -0.302. The lowest BCUT2D eigenvalue weighted by Crippen LogP contribution is -2.37. The van der Waals surface area contributed by atoms with Crippen molar-refractivity contribution in [3.05, 3.63) is 0 Å². The van der Waals surface area contributed by atoms with Crippen LogP contribution in [0.4, 0.5) is 0 Å². The standard InChI is InChI=1S/C13H24O/c1-12(2)8-9-13(14,10-12)11-6-4-3-5-7-11/h11,14H,3-10H2,1-2H3. The molecular weight excluding hydrogens is 172 g/mol. The molecule has 1 unspecified atom stereocenters. The zero-order valence-corrected chi connectivity index (χ0v) is 9.68. The molecule has 1 N–H and O–H groups in total. The van der Waals surface area contributed by atoms with E-state index in [9.17, 15) is 5.11 Å². The molecule has 1 heteroatoms. The predicted octanol–water partition coefficient (Wildman–Crippen LogP) is 3.51. The van der Waals surface area contributed by atoms with Crippen molar-refractivity contribution in [3.8, 4) is 0 Å². The van der Waals surface area contributed by atoms with E-state index in [0.717, 1.165) is 12.8 Å². The molecule has 82 valence electrons. The van der Waals surface area contributed by atoms with Crippen LogP contribution in [0, 0.1) is 11.3 Å². The molecule has 0 aliphatic heterocycles. The van der Waals surface area contributed by atoms with Crippen molar-refractivity contribution in [2.45, 2.75) is 70.8 Å². The van der Waals surface area contributed by atoms with E-state index in [1.54, 1.807) is 0 Å². The first-order chi connectivity index (χ1) is 6.52. The van der Waals surface area contributed by atoms with Gasteiger partial charge in [0.25, 0.3) is 0 Å². The topological polar surface area (TPSA) is 20.2 Å². The van der Waals surface area contributed by atoms with Crippen LogP contribution < -0.4 is 0 Å². The molecule has 1 nitrogen and oxygen atoms in total. The summed E-state index contributed by atoms with van der Waals surface area (Å²) in [7, 11) is 0. The van der Waals surface area contributed by atoms with Crippen molar-refractivity contribution in [2.75, 3.05) is 0 Å². The van der Waals surface area contributed by atoms with Crippen molar-refractivity contribution in [3.63, 3.8) is 0 Å². The van der Waals surface area contributed by atoms with Gasteiger partial charge in [0.15, 0.2) is 0 Å². The van der Waals surface area contributed by atoms with Gasteiger partial charge in [-0.05, 0) is 43.4 Å². The Kier molecular flexibility index (Phi) is 2.63. The van der Waals surface area contributed by atoms with Gasteiger partial charge in [0.2, 0.25) is 0 Å². The maximum absolute atomic E-state index is 10.7. The van der Waals surface area contributed by atoms with E-state index < -0.39 is 0 Å². The van der Waals surface area contributed by atoms with Crippen LogP contribution >= 0.6 is 0 Å². The number of hydrogen-bond acceptors (Lipinski definition) is 1. The lowest BCUT2D eigenvalue weighted by molar-refractivity contribution is -0.0342. The fourth-order valence-electron chi connectivity index (χ4n) is 3.55. The molecule has 1 atom stereocenters. The third-order valence-corrected chi connectivity index (χ3v) is 4.38. The average molecular weight is 196 g/mol. The third kappa shape index (κ3) is 1.98. The summed E-state index contributed by atoms with van der Waals surface area (Å²) in [6.45, 7) is 4.60. The van der Waals surface area contributed by atoms with Gasteiger partial charge in [-0.1, -0.05) is 33.1 Å². The van der Waals surface area contributed by atoms with Crippen LogP contribution in [0.25, 0.3) is 0 Å². The molecule has 0 saturated heterocycles. The fourth-order valence-corrected chi connectivity index (χ4v) is 3.55. The van der Waals surface area contributed by atoms with Gasteiger partial charge in [0.1, 0.15) is 0 Å². The highest BCUT2D eigenvalue weighted by Crippen LogP contribution is 2.50. The summed E-state index contributed by atoms with van der Waals surface area (Å²) in [4.78, 5) is 0. The van der Waals surface area contributed by atoms with Crippen LogP contribution in [0.2, 0.25) is 0 Å². The Morgan fingerprint density at radius 1 is 1.00 bits per heavy atom. The van der Waals surface area contributed by atoms with Gasteiger partial charge < -0.3 is 5.11 Å². The van der Waals surface area contributed by atoms with Gasteiger partial charge in [-0.3, -0.25) is 0 Å². The second-order valence-corrected chi connectivity index (χ2v) is 6.28. The summed E-state index contributed by atoms with van der Waals surface area (Å²) in [6, 6.07) is 0. The van der Waals surface area contributed by atoms with Gasteiger partial charge in [-0.2, -0.15) is 0 Å². The molecule has 0 radical (unpaired) electrons. The molecule has 0 aromatic heterocycles. The van der Waals surface area contributed by atoms with Gasteiger partial charge in [-0.25, -0.2) is 0 Å². The van der Waals surface area contributed by atoms with E-state index in [0.29, 0.717) is 11.3 Å². The molecule has 0 amide bonds. The minimum Gasteiger partial charge on any atom is -0.390 e. The number of hydrogen-bond donors (Lipinski definition) is 1. The summed E-state index contributed by atoms with van der Waals surface area (Å²) in [6.07, 6.45) is 9.89. The maximum atomic E-state index is 10.7. The summed E-state index contributed by atoms with van der Waals surface area (Å²) in [5.41, 5.74) is 0.0795. The Labute approximate surface area is 87.9 Å². The van der Waals surface area contributed by atoms with Crippen LogP contribution in [-0.2, 0) is 0 Å². The van der Waals surface area contributed by atoms with Crippen molar-refractivity contribution in [1.29, 1.82) is 0 Å². The largest absolute Gasteiger partial charge is 0.390 e. The average Bonchev–Trinajstić information content (AvgIpc) is 2.44. The Morgan fingerprint density at radius 2 is 1.64 bits per heavy atom. The van der Waals surface area contributed by atoms with Crippen molar-refractivity contribution in [1.82, 2.24) is 0 Å². The molecule has 2 aliphatic carbocycles. The normalized spacial score (nSPS) is 38.8. The van der Waals surface area contributed by atoms with Crippen molar-refractivity contribution in [2.24, 2.45) is 11.3 Å². The zero-order valence-electron chi connectivity index (χ0n) is 9.68. The molecule has 2 saturated carbocycles. The summed E-state index contributed by atoms with van der Waals surface area (Å²) < 4.78 is 0. The zero-order chi connectivity index (χ0) is 10.2. The highest BCUT2D eigenvalue weighted by atomic mass is 16.3. The predicted molar refractivity (Wildman–Crippen MR) is 59.2 cm³/mol. The van der Waals surface area contributed by atoms with E-state index in [2.05, 4.69) is 13.8 Å². The van der Waals surface area contributed by atoms with Crippen molar-refractivity contribution >= 4 is 0 Å². The monoisotopic (exact) mass is 196 g/mol. The first-order valence-electron chi connectivity index (χ1n) is 6.24. The van der Waals surface area contributed by atoms with Crippen LogP contribution in [0.5, 0.6) is 0 Å². The smallest absolute Gasteiger partial charge is 0.0681 e. The first-order valence-corrected chi connectivity index (χ1v) is 6.24. The summed E-state index contributed by atoms with van der Waals surface area (Å²) >= 11 is 0. The molecule has 2 aliphatic rings. The number of rotatable bonds is 1. The van der Waals surface area contributed by atoms with Crippen LogP contribution in [0.15, 0.2) is 0 Å². The second kappa shape index (κ2) is 3.52. The quantitative estimate of drug-likeness (QED) is 0.680. The lowest BCUT2D eigenvalue weighted by atomic mass is 9.74. The van der Waals surface area contributed by atoms with Crippen LogP contribution in [0.3, 0.4) is 0 Å². The minimum absolute atomic E-state index is 0.302. The van der Waals surface area contributed by atoms with Gasteiger partial charge in [-0.15, -0.1) is 0 Å². The fraction of sp³-hybridized carbons (Fsp3) is 1.00. The lowest BCUT2D eigenvalue weighted by Gasteiger charge is -2.36. The molecule has 2 rings (SSSR count). The highest BCUT2D eigenvalue weighted by Gasteiger charge is 2.46. The van der Waals surface area contributed by atoms with E-state index in [1.807, 2.05) is 0 Å². The van der Waals surface area contributed by atoms with Crippen LogP contribution in [0.1, 0.15) is 65.2 Å².